The van der Waals surface area contributed by atoms with Gasteiger partial charge in [0.1, 0.15) is 5.75 Å². The molecule has 0 aliphatic heterocycles. The molecular weight excluding hydrogens is 289 g/mol. The molecule has 6 heteroatoms. The molecule has 0 fully saturated rings. The summed E-state index contributed by atoms with van der Waals surface area (Å²) in [5.41, 5.74) is 0. The van der Waals surface area contributed by atoms with Gasteiger partial charge in [-0.3, -0.25) is 0 Å². The summed E-state index contributed by atoms with van der Waals surface area (Å²) in [4.78, 5) is 0. The van der Waals surface area contributed by atoms with Crippen molar-refractivity contribution < 1.29 is 13.5 Å². The maximum atomic E-state index is 11.8. The van der Waals surface area contributed by atoms with E-state index in [2.05, 4.69) is 20.7 Å². The molecular formula is C7H3BrCl2F2O. The molecule has 0 amide bonds. The van der Waals surface area contributed by atoms with Crippen molar-refractivity contribution in [2.45, 2.75) is 6.61 Å². The topological polar surface area (TPSA) is 9.23 Å². The second-order valence-corrected chi connectivity index (χ2v) is 3.72. The van der Waals surface area contributed by atoms with Gasteiger partial charge in [0.2, 0.25) is 0 Å². The number of rotatable bonds is 2. The Balaban J connectivity index is 2.99. The van der Waals surface area contributed by atoms with Crippen molar-refractivity contribution in [2.24, 2.45) is 0 Å². The molecule has 0 bridgehead atoms. The smallest absolute Gasteiger partial charge is 0.387 e. The van der Waals surface area contributed by atoms with Gasteiger partial charge in [-0.2, -0.15) is 8.78 Å². The monoisotopic (exact) mass is 290 g/mol. The van der Waals surface area contributed by atoms with Crippen LogP contribution in [-0.4, -0.2) is 6.61 Å². The normalized spacial score (nSPS) is 10.6. The zero-order chi connectivity index (χ0) is 10.0. The first kappa shape index (κ1) is 11.0. The molecule has 72 valence electrons. The van der Waals surface area contributed by atoms with Gasteiger partial charge >= 0.3 is 6.61 Å². The summed E-state index contributed by atoms with van der Waals surface area (Å²) in [5.74, 6) is -0.0312. The lowest BCUT2D eigenvalue weighted by molar-refractivity contribution is -0.0498. The van der Waals surface area contributed by atoms with Gasteiger partial charge in [-0.05, 0) is 22.0 Å². The van der Waals surface area contributed by atoms with Crippen LogP contribution in [0.3, 0.4) is 0 Å². The first-order chi connectivity index (χ1) is 6.00. The van der Waals surface area contributed by atoms with Crippen LogP contribution in [0, 0.1) is 0 Å². The molecule has 1 rings (SSSR count). The Kier molecular flexibility index (Phi) is 3.76. The minimum Gasteiger partial charge on any atom is -0.435 e. The quantitative estimate of drug-likeness (QED) is 0.736. The van der Waals surface area contributed by atoms with Crippen LogP contribution in [-0.2, 0) is 0 Å². The highest BCUT2D eigenvalue weighted by Gasteiger charge is 2.09. The van der Waals surface area contributed by atoms with E-state index in [1.807, 2.05) is 0 Å². The summed E-state index contributed by atoms with van der Waals surface area (Å²) in [7, 11) is 0. The van der Waals surface area contributed by atoms with Crippen LogP contribution in [0.15, 0.2) is 16.6 Å². The maximum absolute atomic E-state index is 11.8. The molecule has 1 nitrogen and oxygen atoms in total. The molecule has 0 heterocycles. The van der Waals surface area contributed by atoms with E-state index in [4.69, 9.17) is 23.2 Å². The standard InChI is InChI=1S/C7H3BrCl2F2O/c8-4-1-3(13-7(11)12)2-5(9)6(4)10/h1-2,7H. The second kappa shape index (κ2) is 4.44. The number of ether oxygens (including phenoxy) is 1. The van der Waals surface area contributed by atoms with Crippen LogP contribution in [0.25, 0.3) is 0 Å². The van der Waals surface area contributed by atoms with Gasteiger partial charge in [0, 0.05) is 10.5 Å². The Morgan fingerprint density at radius 3 is 2.38 bits per heavy atom. The first-order valence-corrected chi connectivity index (χ1v) is 4.65. The lowest BCUT2D eigenvalue weighted by Gasteiger charge is -2.06. The molecule has 0 unspecified atom stereocenters. The van der Waals surface area contributed by atoms with Crippen molar-refractivity contribution in [2.75, 3.05) is 0 Å². The molecule has 1 aromatic carbocycles. The van der Waals surface area contributed by atoms with E-state index in [9.17, 15) is 8.78 Å². The number of hydrogen-bond acceptors (Lipinski definition) is 1. The Bertz CT molecular complexity index is 296. The maximum Gasteiger partial charge on any atom is 0.387 e. The van der Waals surface area contributed by atoms with Gasteiger partial charge in [0.05, 0.1) is 10.0 Å². The van der Waals surface area contributed by atoms with Gasteiger partial charge in [-0.15, -0.1) is 0 Å². The van der Waals surface area contributed by atoms with Crippen molar-refractivity contribution in [3.8, 4) is 5.75 Å². The van der Waals surface area contributed by atoms with Crippen molar-refractivity contribution in [3.05, 3.63) is 26.7 Å². The minimum atomic E-state index is -2.87. The fourth-order valence-electron chi connectivity index (χ4n) is 0.703. The first-order valence-electron chi connectivity index (χ1n) is 3.10. The number of alkyl halides is 2. The third-order valence-corrected chi connectivity index (χ3v) is 2.84. The van der Waals surface area contributed by atoms with E-state index in [1.54, 1.807) is 0 Å². The van der Waals surface area contributed by atoms with E-state index < -0.39 is 6.61 Å². The predicted molar refractivity (Wildman–Crippen MR) is 50.8 cm³/mol. The summed E-state index contributed by atoms with van der Waals surface area (Å²) in [6.07, 6.45) is 0. The SMILES string of the molecule is FC(F)Oc1cc(Cl)c(Cl)c(Br)c1. The highest BCUT2D eigenvalue weighted by molar-refractivity contribution is 9.10. The van der Waals surface area contributed by atoms with Gasteiger partial charge in [-0.25, -0.2) is 0 Å². The zero-order valence-corrected chi connectivity index (χ0v) is 9.13. The van der Waals surface area contributed by atoms with E-state index in [0.29, 0.717) is 4.47 Å². The van der Waals surface area contributed by atoms with Gasteiger partial charge in [0.25, 0.3) is 0 Å². The molecule has 0 saturated carbocycles. The Hall–Kier alpha value is -0.0600. The van der Waals surface area contributed by atoms with E-state index in [-0.39, 0.29) is 15.8 Å². The lowest BCUT2D eigenvalue weighted by Crippen LogP contribution is -2.01. The molecule has 0 saturated heterocycles. The molecule has 1 aromatic rings. The average Bonchev–Trinajstić information content (AvgIpc) is 1.98. The molecule has 0 spiro atoms. The summed E-state index contributed by atoms with van der Waals surface area (Å²) in [5, 5.41) is 0.426. The van der Waals surface area contributed by atoms with Crippen molar-refractivity contribution in [1.29, 1.82) is 0 Å². The third-order valence-electron chi connectivity index (χ3n) is 1.18. The van der Waals surface area contributed by atoms with Crippen LogP contribution >= 0.6 is 39.1 Å². The highest BCUT2D eigenvalue weighted by atomic mass is 79.9. The molecule has 0 radical (unpaired) electrons. The van der Waals surface area contributed by atoms with E-state index in [1.165, 1.54) is 12.1 Å². The van der Waals surface area contributed by atoms with Crippen LogP contribution in [0.4, 0.5) is 8.78 Å². The average molecular weight is 292 g/mol. The number of hydrogen-bond donors (Lipinski definition) is 0. The van der Waals surface area contributed by atoms with E-state index >= 15 is 0 Å². The van der Waals surface area contributed by atoms with Crippen LogP contribution < -0.4 is 4.74 Å². The Morgan fingerprint density at radius 1 is 1.31 bits per heavy atom. The Labute approximate surface area is 91.7 Å². The van der Waals surface area contributed by atoms with Crippen molar-refractivity contribution in [3.63, 3.8) is 0 Å². The van der Waals surface area contributed by atoms with Gasteiger partial charge in [0.15, 0.2) is 0 Å². The van der Waals surface area contributed by atoms with Gasteiger partial charge in [-0.1, -0.05) is 23.2 Å². The van der Waals surface area contributed by atoms with Crippen molar-refractivity contribution >= 4 is 39.1 Å². The lowest BCUT2D eigenvalue weighted by atomic mass is 10.3. The van der Waals surface area contributed by atoms with Crippen molar-refractivity contribution in [1.82, 2.24) is 0 Å². The summed E-state index contributed by atoms with van der Waals surface area (Å²) >= 11 is 14.3. The molecule has 13 heavy (non-hydrogen) atoms. The van der Waals surface area contributed by atoms with Crippen LogP contribution in [0.1, 0.15) is 0 Å². The minimum absolute atomic E-state index is 0.0312. The second-order valence-electron chi connectivity index (χ2n) is 2.08. The van der Waals surface area contributed by atoms with Crippen LogP contribution in [0.2, 0.25) is 10.0 Å². The summed E-state index contributed by atoms with van der Waals surface area (Å²) < 4.78 is 28.1. The summed E-state index contributed by atoms with van der Waals surface area (Å²) in [6, 6.07) is 2.54. The molecule has 0 atom stereocenters. The number of halogens is 5. The molecule has 0 aliphatic rings. The molecule has 0 aromatic heterocycles. The molecule has 0 N–H and O–H groups in total. The number of benzene rings is 1. The molecule has 0 aliphatic carbocycles. The highest BCUT2D eigenvalue weighted by Crippen LogP contribution is 2.34. The van der Waals surface area contributed by atoms with E-state index in [0.717, 1.165) is 0 Å². The van der Waals surface area contributed by atoms with Crippen LogP contribution in [0.5, 0.6) is 5.75 Å². The summed E-state index contributed by atoms with van der Waals surface area (Å²) in [6.45, 7) is -2.87. The largest absolute Gasteiger partial charge is 0.435 e. The predicted octanol–water partition coefficient (Wildman–Crippen LogP) is 4.36. The third kappa shape index (κ3) is 2.97. The zero-order valence-electron chi connectivity index (χ0n) is 6.03. The fraction of sp³-hybridized carbons (Fsp3) is 0.143. The van der Waals surface area contributed by atoms with Gasteiger partial charge < -0.3 is 4.74 Å². The Morgan fingerprint density at radius 2 is 1.92 bits per heavy atom. The fourth-order valence-corrected chi connectivity index (χ4v) is 1.57.